The first kappa shape index (κ1) is 14.7. The van der Waals surface area contributed by atoms with Crippen molar-refractivity contribution in [3.63, 3.8) is 0 Å². The van der Waals surface area contributed by atoms with Gasteiger partial charge < -0.3 is 4.90 Å². The molecule has 0 aliphatic carbocycles. The zero-order chi connectivity index (χ0) is 13.7. The van der Waals surface area contributed by atoms with Crippen molar-refractivity contribution in [1.29, 1.82) is 0 Å². The fraction of sp³-hybridized carbons (Fsp3) is 0.571. The summed E-state index contributed by atoms with van der Waals surface area (Å²) in [7, 11) is 0. The van der Waals surface area contributed by atoms with Crippen molar-refractivity contribution in [2.45, 2.75) is 23.9 Å². The Hall–Kier alpha value is -0.680. The minimum Gasteiger partial charge on any atom is -0.302 e. The molecule has 106 valence electrons. The molecule has 1 aromatic carbocycles. The van der Waals surface area contributed by atoms with Gasteiger partial charge in [-0.05, 0) is 38.1 Å². The van der Waals surface area contributed by atoms with Gasteiger partial charge in [0.2, 0.25) is 0 Å². The summed E-state index contributed by atoms with van der Waals surface area (Å²) < 4.78 is 37.6. The van der Waals surface area contributed by atoms with Gasteiger partial charge in [0, 0.05) is 17.2 Å². The van der Waals surface area contributed by atoms with Crippen LogP contribution in [0.4, 0.5) is 13.2 Å². The Morgan fingerprint density at radius 3 is 2.32 bits per heavy atom. The molecule has 5 heteroatoms. The first-order valence-corrected chi connectivity index (χ1v) is 7.51. The maximum absolute atomic E-state index is 12.5. The van der Waals surface area contributed by atoms with E-state index in [1.54, 1.807) is 11.8 Å². The lowest BCUT2D eigenvalue weighted by molar-refractivity contribution is -0.184. The van der Waals surface area contributed by atoms with Crippen LogP contribution >= 0.6 is 11.8 Å². The third-order valence-electron chi connectivity index (χ3n) is 3.47. The summed E-state index contributed by atoms with van der Waals surface area (Å²) in [5.41, 5.74) is 0. The fourth-order valence-electron chi connectivity index (χ4n) is 2.29. The van der Waals surface area contributed by atoms with E-state index >= 15 is 0 Å². The number of alkyl halides is 3. The summed E-state index contributed by atoms with van der Waals surface area (Å²) in [5, 5.41) is 0. The van der Waals surface area contributed by atoms with Crippen LogP contribution in [-0.4, -0.2) is 36.5 Å². The second kappa shape index (κ2) is 6.66. The minimum absolute atomic E-state index is 0.250. The van der Waals surface area contributed by atoms with Crippen LogP contribution in [0.2, 0.25) is 0 Å². The van der Waals surface area contributed by atoms with E-state index in [1.165, 1.54) is 4.90 Å². The van der Waals surface area contributed by atoms with Gasteiger partial charge >= 0.3 is 6.18 Å². The monoisotopic (exact) mass is 289 g/mol. The van der Waals surface area contributed by atoms with Crippen molar-refractivity contribution in [2.24, 2.45) is 5.92 Å². The molecule has 0 N–H and O–H groups in total. The average molecular weight is 289 g/mol. The predicted molar refractivity (Wildman–Crippen MR) is 72.4 cm³/mol. The molecule has 19 heavy (non-hydrogen) atoms. The normalized spacial score (nSPS) is 18.7. The highest BCUT2D eigenvalue weighted by Gasteiger charge is 2.40. The number of halogens is 3. The molecule has 0 unspecified atom stereocenters. The molecule has 1 nitrogen and oxygen atoms in total. The van der Waals surface area contributed by atoms with E-state index in [-0.39, 0.29) is 12.8 Å². The molecule has 0 radical (unpaired) electrons. The van der Waals surface area contributed by atoms with Gasteiger partial charge in [0.25, 0.3) is 0 Å². The highest BCUT2D eigenvalue weighted by atomic mass is 32.2. The summed E-state index contributed by atoms with van der Waals surface area (Å²) >= 11 is 1.76. The first-order chi connectivity index (χ1) is 9.05. The molecule has 1 aromatic rings. The van der Waals surface area contributed by atoms with Crippen LogP contribution in [0.5, 0.6) is 0 Å². The lowest BCUT2D eigenvalue weighted by atomic mass is 9.96. The predicted octanol–water partition coefficient (Wildman–Crippen LogP) is 4.05. The second-order valence-corrected chi connectivity index (χ2v) is 5.99. The topological polar surface area (TPSA) is 3.24 Å². The van der Waals surface area contributed by atoms with Crippen LogP contribution in [0.25, 0.3) is 0 Å². The molecule has 1 aliphatic rings. The van der Waals surface area contributed by atoms with Gasteiger partial charge in [0.15, 0.2) is 0 Å². The third-order valence-corrected chi connectivity index (χ3v) is 4.46. The van der Waals surface area contributed by atoms with Crippen molar-refractivity contribution in [2.75, 3.05) is 25.4 Å². The zero-order valence-corrected chi connectivity index (χ0v) is 11.5. The van der Waals surface area contributed by atoms with Gasteiger partial charge in [-0.3, -0.25) is 0 Å². The SMILES string of the molecule is FC(F)(F)C1CCN(CCSc2ccccc2)CC1. The van der Waals surface area contributed by atoms with Gasteiger partial charge in [-0.2, -0.15) is 13.2 Å². The second-order valence-electron chi connectivity index (χ2n) is 4.82. The molecule has 0 atom stereocenters. The molecule has 1 fully saturated rings. The third kappa shape index (κ3) is 4.73. The van der Waals surface area contributed by atoms with Crippen LogP contribution < -0.4 is 0 Å². The fourth-order valence-corrected chi connectivity index (χ4v) is 3.23. The highest BCUT2D eigenvalue weighted by Crippen LogP contribution is 2.34. The number of piperidine rings is 1. The van der Waals surface area contributed by atoms with E-state index in [4.69, 9.17) is 0 Å². The van der Waals surface area contributed by atoms with E-state index in [0.29, 0.717) is 13.1 Å². The largest absolute Gasteiger partial charge is 0.391 e. The Labute approximate surface area is 116 Å². The van der Waals surface area contributed by atoms with Crippen molar-refractivity contribution in [1.82, 2.24) is 4.90 Å². The van der Waals surface area contributed by atoms with E-state index in [9.17, 15) is 13.2 Å². The summed E-state index contributed by atoms with van der Waals surface area (Å²) in [4.78, 5) is 3.35. The lowest BCUT2D eigenvalue weighted by Crippen LogP contribution is -2.39. The van der Waals surface area contributed by atoms with Gasteiger partial charge in [-0.15, -0.1) is 11.8 Å². The van der Waals surface area contributed by atoms with Crippen molar-refractivity contribution in [3.05, 3.63) is 30.3 Å². The molecule has 0 aromatic heterocycles. The number of hydrogen-bond acceptors (Lipinski definition) is 2. The van der Waals surface area contributed by atoms with Crippen LogP contribution in [0.1, 0.15) is 12.8 Å². The molecular formula is C14H18F3NS. The molecule has 0 bridgehead atoms. The first-order valence-electron chi connectivity index (χ1n) is 6.52. The standard InChI is InChI=1S/C14H18F3NS/c15-14(16,17)12-6-8-18(9-7-12)10-11-19-13-4-2-1-3-5-13/h1-5,12H,6-11H2. The number of benzene rings is 1. The summed E-state index contributed by atoms with van der Waals surface area (Å²) in [6.45, 7) is 2.00. The van der Waals surface area contributed by atoms with Gasteiger partial charge in [0.1, 0.15) is 0 Å². The number of nitrogens with zero attached hydrogens (tertiary/aromatic N) is 1. The maximum Gasteiger partial charge on any atom is 0.391 e. The molecule has 0 spiro atoms. The Kier molecular flexibility index (Phi) is 5.16. The van der Waals surface area contributed by atoms with Crippen molar-refractivity contribution < 1.29 is 13.2 Å². The number of thioether (sulfide) groups is 1. The van der Waals surface area contributed by atoms with E-state index in [1.807, 2.05) is 18.2 Å². The molecular weight excluding hydrogens is 271 g/mol. The number of rotatable bonds is 4. The Morgan fingerprint density at radius 1 is 1.11 bits per heavy atom. The molecule has 1 aliphatic heterocycles. The Bertz CT molecular complexity index is 372. The van der Waals surface area contributed by atoms with Crippen LogP contribution in [-0.2, 0) is 0 Å². The van der Waals surface area contributed by atoms with Gasteiger partial charge in [-0.25, -0.2) is 0 Å². The smallest absolute Gasteiger partial charge is 0.302 e. The lowest BCUT2D eigenvalue weighted by Gasteiger charge is -2.32. The Balaban J connectivity index is 1.66. The van der Waals surface area contributed by atoms with Crippen molar-refractivity contribution in [3.8, 4) is 0 Å². The van der Waals surface area contributed by atoms with Crippen LogP contribution in [0.15, 0.2) is 35.2 Å². The highest BCUT2D eigenvalue weighted by molar-refractivity contribution is 7.99. The van der Waals surface area contributed by atoms with E-state index in [0.717, 1.165) is 12.3 Å². The van der Waals surface area contributed by atoms with Gasteiger partial charge in [-0.1, -0.05) is 18.2 Å². The zero-order valence-electron chi connectivity index (χ0n) is 10.7. The van der Waals surface area contributed by atoms with Crippen LogP contribution in [0.3, 0.4) is 0 Å². The molecule has 1 saturated heterocycles. The van der Waals surface area contributed by atoms with Crippen molar-refractivity contribution >= 4 is 11.8 Å². The number of likely N-dealkylation sites (tertiary alicyclic amines) is 1. The summed E-state index contributed by atoms with van der Waals surface area (Å²) in [5.74, 6) is -0.161. The summed E-state index contributed by atoms with van der Waals surface area (Å²) in [6, 6.07) is 10.1. The Morgan fingerprint density at radius 2 is 1.74 bits per heavy atom. The van der Waals surface area contributed by atoms with E-state index < -0.39 is 12.1 Å². The molecule has 0 amide bonds. The quantitative estimate of drug-likeness (QED) is 0.769. The van der Waals surface area contributed by atoms with Gasteiger partial charge in [0.05, 0.1) is 5.92 Å². The molecule has 2 rings (SSSR count). The maximum atomic E-state index is 12.5. The average Bonchev–Trinajstić information content (AvgIpc) is 2.39. The molecule has 1 heterocycles. The van der Waals surface area contributed by atoms with E-state index in [2.05, 4.69) is 17.0 Å². The van der Waals surface area contributed by atoms with Crippen LogP contribution in [0, 0.1) is 5.92 Å². The molecule has 0 saturated carbocycles. The number of hydrogen-bond donors (Lipinski definition) is 0. The summed E-state index contributed by atoms with van der Waals surface area (Å²) in [6.07, 6.45) is -3.51. The minimum atomic E-state index is -4.01.